The van der Waals surface area contributed by atoms with Crippen molar-refractivity contribution in [2.45, 2.75) is 45.1 Å². The van der Waals surface area contributed by atoms with E-state index in [0.717, 1.165) is 37.9 Å². The number of anilines is 1. The molecule has 1 aliphatic heterocycles. The van der Waals surface area contributed by atoms with Crippen LogP contribution in [0, 0.1) is 5.92 Å². The number of nitrogens with zero attached hydrogens (tertiary/aromatic N) is 3. The average Bonchev–Trinajstić information content (AvgIpc) is 3.20. The molecule has 0 unspecified atom stereocenters. The van der Waals surface area contributed by atoms with Crippen LogP contribution >= 0.6 is 0 Å². The highest BCUT2D eigenvalue weighted by Gasteiger charge is 2.39. The predicted molar refractivity (Wildman–Crippen MR) is 87.1 cm³/mol. The second-order valence-electron chi connectivity index (χ2n) is 6.58. The van der Waals surface area contributed by atoms with Gasteiger partial charge in [0.15, 0.2) is 0 Å². The van der Waals surface area contributed by atoms with E-state index in [1.807, 2.05) is 18.0 Å². The first-order valence-corrected chi connectivity index (χ1v) is 8.44. The van der Waals surface area contributed by atoms with Crippen molar-refractivity contribution in [1.29, 1.82) is 0 Å². The minimum absolute atomic E-state index is 0.219. The van der Waals surface area contributed by atoms with E-state index < -0.39 is 0 Å². The van der Waals surface area contributed by atoms with Crippen molar-refractivity contribution in [2.24, 2.45) is 13.0 Å². The quantitative estimate of drug-likeness (QED) is 0.834. The smallest absolute Gasteiger partial charge is 0.320 e. The molecule has 1 aliphatic carbocycles. The minimum atomic E-state index is -0.242. The lowest BCUT2D eigenvalue weighted by Crippen LogP contribution is -2.35. The SMILES string of the molecule is CCCc1cc(NC(=O)NC[C@H]2CC(=O)N(C3CC3)C2)n(C)n1. The summed E-state index contributed by atoms with van der Waals surface area (Å²) in [6.45, 7) is 3.40. The standard InChI is InChI=1S/C16H25N5O2/c1-3-4-12-8-14(20(2)19-12)18-16(23)17-9-11-7-15(22)21(10-11)13-5-6-13/h8,11,13H,3-7,9-10H2,1-2H3,(H2,17,18,23)/t11-/m1/s1. The van der Waals surface area contributed by atoms with Gasteiger partial charge < -0.3 is 10.2 Å². The third-order valence-corrected chi connectivity index (χ3v) is 4.46. The molecule has 0 bridgehead atoms. The van der Waals surface area contributed by atoms with Gasteiger partial charge in [-0.2, -0.15) is 5.10 Å². The number of carbonyl (C=O) groups excluding carboxylic acids is 2. The molecule has 23 heavy (non-hydrogen) atoms. The molecule has 0 spiro atoms. The molecule has 1 saturated carbocycles. The maximum absolute atomic E-state index is 12.0. The zero-order valence-corrected chi connectivity index (χ0v) is 13.8. The first-order chi connectivity index (χ1) is 11.1. The number of rotatable bonds is 6. The number of aromatic nitrogens is 2. The fourth-order valence-electron chi connectivity index (χ4n) is 3.10. The number of likely N-dealkylation sites (tertiary alicyclic amines) is 1. The van der Waals surface area contributed by atoms with E-state index >= 15 is 0 Å². The van der Waals surface area contributed by atoms with E-state index in [1.54, 1.807) is 4.68 Å². The summed E-state index contributed by atoms with van der Waals surface area (Å²) in [6, 6.07) is 2.12. The summed E-state index contributed by atoms with van der Waals surface area (Å²) in [7, 11) is 1.82. The molecule has 1 atom stereocenters. The fourth-order valence-corrected chi connectivity index (χ4v) is 3.10. The Morgan fingerprint density at radius 3 is 2.91 bits per heavy atom. The maximum Gasteiger partial charge on any atom is 0.320 e. The molecule has 7 heteroatoms. The zero-order valence-electron chi connectivity index (χ0n) is 13.8. The lowest BCUT2D eigenvalue weighted by Gasteiger charge is -2.15. The molecule has 7 nitrogen and oxygen atoms in total. The van der Waals surface area contributed by atoms with E-state index in [1.165, 1.54) is 0 Å². The van der Waals surface area contributed by atoms with Crippen LogP contribution in [0.4, 0.5) is 10.6 Å². The largest absolute Gasteiger partial charge is 0.339 e. The normalized spacial score (nSPS) is 20.9. The Morgan fingerprint density at radius 2 is 2.22 bits per heavy atom. The average molecular weight is 319 g/mol. The van der Waals surface area contributed by atoms with Crippen LogP contribution in [0.2, 0.25) is 0 Å². The number of hydrogen-bond donors (Lipinski definition) is 2. The summed E-state index contributed by atoms with van der Waals surface area (Å²) in [5, 5.41) is 10.1. The van der Waals surface area contributed by atoms with Crippen molar-refractivity contribution in [3.8, 4) is 0 Å². The molecule has 0 aromatic carbocycles. The van der Waals surface area contributed by atoms with Crippen molar-refractivity contribution >= 4 is 17.8 Å². The summed E-state index contributed by atoms with van der Waals surface area (Å²) in [6.07, 6.45) is 4.73. The van der Waals surface area contributed by atoms with E-state index in [0.29, 0.717) is 24.8 Å². The first kappa shape index (κ1) is 15.8. The van der Waals surface area contributed by atoms with Crippen LogP contribution in [0.25, 0.3) is 0 Å². The minimum Gasteiger partial charge on any atom is -0.339 e. The molecule has 3 amide bonds. The zero-order chi connectivity index (χ0) is 16.4. The lowest BCUT2D eigenvalue weighted by molar-refractivity contribution is -0.128. The van der Waals surface area contributed by atoms with Crippen LogP contribution in [0.5, 0.6) is 0 Å². The van der Waals surface area contributed by atoms with Crippen LogP contribution in [0.1, 0.15) is 38.3 Å². The van der Waals surface area contributed by atoms with Crippen LogP contribution in [-0.4, -0.2) is 45.8 Å². The summed E-state index contributed by atoms with van der Waals surface area (Å²) in [4.78, 5) is 25.9. The van der Waals surface area contributed by atoms with Gasteiger partial charge in [-0.15, -0.1) is 0 Å². The highest BCUT2D eigenvalue weighted by Crippen LogP contribution is 2.32. The summed E-state index contributed by atoms with van der Waals surface area (Å²) >= 11 is 0. The Labute approximate surface area is 136 Å². The van der Waals surface area contributed by atoms with Crippen molar-refractivity contribution in [3.05, 3.63) is 11.8 Å². The van der Waals surface area contributed by atoms with Gasteiger partial charge in [0.25, 0.3) is 0 Å². The van der Waals surface area contributed by atoms with Crippen LogP contribution in [0.3, 0.4) is 0 Å². The number of carbonyl (C=O) groups is 2. The van der Waals surface area contributed by atoms with Crippen molar-refractivity contribution < 1.29 is 9.59 Å². The van der Waals surface area contributed by atoms with E-state index in [4.69, 9.17) is 0 Å². The molecule has 0 radical (unpaired) electrons. The second kappa shape index (κ2) is 6.60. The number of aryl methyl sites for hydroxylation is 2. The summed E-state index contributed by atoms with van der Waals surface area (Å²) < 4.78 is 1.68. The van der Waals surface area contributed by atoms with Gasteiger partial charge in [-0.25, -0.2) is 4.79 Å². The maximum atomic E-state index is 12.0. The van der Waals surface area contributed by atoms with Crippen molar-refractivity contribution in [2.75, 3.05) is 18.4 Å². The monoisotopic (exact) mass is 319 g/mol. The third kappa shape index (κ3) is 3.83. The number of hydrogen-bond acceptors (Lipinski definition) is 3. The van der Waals surface area contributed by atoms with Gasteiger partial charge in [-0.3, -0.25) is 14.8 Å². The Balaban J connectivity index is 1.45. The van der Waals surface area contributed by atoms with Gasteiger partial charge >= 0.3 is 6.03 Å². The van der Waals surface area contributed by atoms with Gasteiger partial charge in [0.05, 0.1) is 5.69 Å². The number of amides is 3. The summed E-state index contributed by atoms with van der Waals surface area (Å²) in [5.41, 5.74) is 0.978. The van der Waals surface area contributed by atoms with Gasteiger partial charge in [0.1, 0.15) is 5.82 Å². The van der Waals surface area contributed by atoms with Crippen LogP contribution in [0.15, 0.2) is 6.07 Å². The molecule has 1 saturated heterocycles. The Kier molecular flexibility index (Phi) is 4.54. The molecular formula is C16H25N5O2. The second-order valence-corrected chi connectivity index (χ2v) is 6.58. The third-order valence-electron chi connectivity index (χ3n) is 4.46. The Morgan fingerprint density at radius 1 is 1.43 bits per heavy atom. The molecule has 2 aliphatic rings. The molecular weight excluding hydrogens is 294 g/mol. The highest BCUT2D eigenvalue weighted by molar-refractivity contribution is 5.88. The predicted octanol–water partition coefficient (Wildman–Crippen LogP) is 1.50. The van der Waals surface area contributed by atoms with Crippen LogP contribution < -0.4 is 10.6 Å². The molecule has 2 fully saturated rings. The first-order valence-electron chi connectivity index (χ1n) is 8.44. The Bertz CT molecular complexity index is 593. The van der Waals surface area contributed by atoms with Gasteiger partial charge in [0, 0.05) is 44.6 Å². The van der Waals surface area contributed by atoms with Crippen molar-refractivity contribution in [3.63, 3.8) is 0 Å². The Hall–Kier alpha value is -2.05. The molecule has 1 aromatic heterocycles. The molecule has 1 aromatic rings. The van der Waals surface area contributed by atoms with Gasteiger partial charge in [-0.05, 0) is 19.3 Å². The molecule has 2 N–H and O–H groups in total. The van der Waals surface area contributed by atoms with E-state index in [9.17, 15) is 9.59 Å². The fraction of sp³-hybridized carbons (Fsp3) is 0.688. The lowest BCUT2D eigenvalue weighted by atomic mass is 10.1. The topological polar surface area (TPSA) is 79.3 Å². The molecule has 3 rings (SSSR count). The summed E-state index contributed by atoms with van der Waals surface area (Å²) in [5.74, 6) is 1.14. The van der Waals surface area contributed by atoms with E-state index in [-0.39, 0.29) is 17.9 Å². The molecule has 2 heterocycles. The van der Waals surface area contributed by atoms with E-state index in [2.05, 4.69) is 22.7 Å². The number of urea groups is 1. The van der Waals surface area contributed by atoms with Crippen LogP contribution in [-0.2, 0) is 18.3 Å². The van der Waals surface area contributed by atoms with Gasteiger partial charge in [-0.1, -0.05) is 13.3 Å². The van der Waals surface area contributed by atoms with Crippen molar-refractivity contribution in [1.82, 2.24) is 20.0 Å². The number of nitrogens with one attached hydrogen (secondary N) is 2. The van der Waals surface area contributed by atoms with Gasteiger partial charge in [0.2, 0.25) is 5.91 Å². The highest BCUT2D eigenvalue weighted by atomic mass is 16.2. The molecule has 126 valence electrons.